The Hall–Kier alpha value is -1.83. The van der Waals surface area contributed by atoms with Crippen molar-refractivity contribution in [3.8, 4) is 0 Å². The van der Waals surface area contributed by atoms with E-state index in [1.165, 1.54) is 0 Å². The van der Waals surface area contributed by atoms with Crippen molar-refractivity contribution >= 4 is 36.5 Å². The van der Waals surface area contributed by atoms with Gasteiger partial charge in [0.15, 0.2) is 0 Å². The van der Waals surface area contributed by atoms with Crippen LogP contribution in [0, 0.1) is 5.92 Å². The molecule has 0 spiro atoms. The predicted octanol–water partition coefficient (Wildman–Crippen LogP) is 2.68. The second kappa shape index (κ2) is 12.0. The molecule has 162 valence electrons. The molecule has 29 heavy (non-hydrogen) atoms. The first-order chi connectivity index (χ1) is 13.1. The van der Waals surface area contributed by atoms with E-state index in [9.17, 15) is 4.79 Å². The number of halogens is 2. The highest BCUT2D eigenvalue weighted by Gasteiger charge is 2.28. The lowest BCUT2D eigenvalue weighted by atomic mass is 9.95. The number of aryl methyl sites for hydroxylation is 1. The maximum Gasteiger partial charge on any atom is 0.244 e. The van der Waals surface area contributed by atoms with Crippen molar-refractivity contribution < 1.29 is 4.79 Å². The Balaban J connectivity index is 0.00000210. The summed E-state index contributed by atoms with van der Waals surface area (Å²) in [7, 11) is 3.70. The van der Waals surface area contributed by atoms with Crippen LogP contribution in [-0.4, -0.2) is 58.8 Å². The van der Waals surface area contributed by atoms with Gasteiger partial charge in [-0.05, 0) is 44.9 Å². The van der Waals surface area contributed by atoms with Gasteiger partial charge in [-0.15, -0.1) is 24.8 Å². The van der Waals surface area contributed by atoms with Crippen LogP contribution in [0.1, 0.15) is 31.4 Å². The van der Waals surface area contributed by atoms with Crippen molar-refractivity contribution in [2.75, 3.05) is 38.1 Å². The summed E-state index contributed by atoms with van der Waals surface area (Å²) in [6.07, 6.45) is 7.67. The summed E-state index contributed by atoms with van der Waals surface area (Å²) in [5, 5.41) is 7.35. The van der Waals surface area contributed by atoms with Gasteiger partial charge in [-0.1, -0.05) is 6.07 Å². The van der Waals surface area contributed by atoms with Gasteiger partial charge in [-0.3, -0.25) is 9.48 Å². The molecule has 0 radical (unpaired) electrons. The Bertz CT molecular complexity index is 734. The molecule has 7 nitrogen and oxygen atoms in total. The lowest BCUT2D eigenvalue weighted by molar-refractivity contribution is -0.134. The lowest BCUT2D eigenvalue weighted by Crippen LogP contribution is -2.44. The average Bonchev–Trinajstić information content (AvgIpc) is 3.13. The van der Waals surface area contributed by atoms with Crippen molar-refractivity contribution in [2.24, 2.45) is 13.0 Å². The summed E-state index contributed by atoms with van der Waals surface area (Å²) in [5.74, 6) is 1.70. The number of piperidine rings is 1. The molecule has 0 bridgehead atoms. The highest BCUT2D eigenvalue weighted by molar-refractivity contribution is 5.85. The van der Waals surface area contributed by atoms with Crippen LogP contribution in [0.3, 0.4) is 0 Å². The van der Waals surface area contributed by atoms with Gasteiger partial charge in [0.05, 0.1) is 6.20 Å². The Morgan fingerprint density at radius 2 is 2.03 bits per heavy atom. The number of rotatable bonds is 7. The van der Waals surface area contributed by atoms with Crippen LogP contribution in [0.25, 0.3) is 0 Å². The molecular formula is C20H32Cl2N6O. The van der Waals surface area contributed by atoms with E-state index in [1.807, 2.05) is 43.5 Å². The van der Waals surface area contributed by atoms with E-state index in [0.717, 1.165) is 50.4 Å². The molecule has 0 aliphatic carbocycles. The van der Waals surface area contributed by atoms with Crippen LogP contribution in [-0.2, 0) is 11.8 Å². The fourth-order valence-electron chi connectivity index (χ4n) is 3.78. The van der Waals surface area contributed by atoms with E-state index >= 15 is 0 Å². The van der Waals surface area contributed by atoms with Crippen LogP contribution in [0.2, 0.25) is 0 Å². The molecule has 3 heterocycles. The van der Waals surface area contributed by atoms with E-state index in [1.54, 1.807) is 10.9 Å². The Morgan fingerprint density at radius 3 is 2.55 bits per heavy atom. The summed E-state index contributed by atoms with van der Waals surface area (Å²) in [4.78, 5) is 21.8. The second-order valence-electron chi connectivity index (χ2n) is 7.16. The highest BCUT2D eigenvalue weighted by atomic mass is 35.5. The number of amides is 1. The number of hydrogen-bond donors (Lipinski definition) is 1. The third-order valence-electron chi connectivity index (χ3n) is 5.35. The molecule has 3 rings (SSSR count). The summed E-state index contributed by atoms with van der Waals surface area (Å²) in [5.41, 5.74) is 0.911. The number of likely N-dealkylation sites (N-methyl/N-ethyl adjacent to an activating group) is 2. The summed E-state index contributed by atoms with van der Waals surface area (Å²) in [6.45, 7) is 5.56. The predicted molar refractivity (Wildman–Crippen MR) is 121 cm³/mol. The average molecular weight is 443 g/mol. The molecule has 1 saturated heterocycles. The van der Waals surface area contributed by atoms with E-state index in [2.05, 4.69) is 33.3 Å². The van der Waals surface area contributed by atoms with Crippen molar-refractivity contribution in [1.29, 1.82) is 0 Å². The number of nitrogens with one attached hydrogen (secondary N) is 1. The van der Waals surface area contributed by atoms with Gasteiger partial charge >= 0.3 is 0 Å². The van der Waals surface area contributed by atoms with Crippen LogP contribution in [0.5, 0.6) is 0 Å². The monoisotopic (exact) mass is 442 g/mol. The second-order valence-corrected chi connectivity index (χ2v) is 7.16. The maximum atomic E-state index is 13.1. The zero-order chi connectivity index (χ0) is 19.2. The van der Waals surface area contributed by atoms with Gasteiger partial charge in [0.1, 0.15) is 11.9 Å². The van der Waals surface area contributed by atoms with Crippen LogP contribution in [0.4, 0.5) is 5.82 Å². The molecule has 1 atom stereocenters. The van der Waals surface area contributed by atoms with Gasteiger partial charge in [0.2, 0.25) is 5.91 Å². The van der Waals surface area contributed by atoms with Crippen molar-refractivity contribution in [3.05, 3.63) is 42.4 Å². The molecular weight excluding hydrogens is 411 g/mol. The molecule has 1 fully saturated rings. The molecule has 2 aromatic rings. The van der Waals surface area contributed by atoms with E-state index in [-0.39, 0.29) is 36.8 Å². The smallest absolute Gasteiger partial charge is 0.244 e. The molecule has 1 amide bonds. The fraction of sp³-hybridized carbons (Fsp3) is 0.550. The minimum Gasteiger partial charge on any atom is -0.357 e. The first-order valence-electron chi connectivity index (χ1n) is 9.73. The van der Waals surface area contributed by atoms with E-state index in [0.29, 0.717) is 5.92 Å². The first kappa shape index (κ1) is 25.2. The molecule has 1 aliphatic rings. The number of carbonyl (C=O) groups is 1. The molecule has 1 aliphatic heterocycles. The van der Waals surface area contributed by atoms with Gasteiger partial charge in [-0.2, -0.15) is 5.10 Å². The number of hydrogen-bond acceptors (Lipinski definition) is 5. The Kier molecular flexibility index (Phi) is 10.4. The zero-order valence-corrected chi connectivity index (χ0v) is 19.0. The minimum absolute atomic E-state index is 0. The summed E-state index contributed by atoms with van der Waals surface area (Å²) >= 11 is 0. The minimum atomic E-state index is -0.341. The fourth-order valence-corrected chi connectivity index (χ4v) is 3.78. The Morgan fingerprint density at radius 1 is 1.31 bits per heavy atom. The third kappa shape index (κ3) is 6.32. The van der Waals surface area contributed by atoms with Gasteiger partial charge < -0.3 is 15.1 Å². The highest BCUT2D eigenvalue weighted by Crippen LogP contribution is 2.23. The van der Waals surface area contributed by atoms with Crippen LogP contribution >= 0.6 is 24.8 Å². The van der Waals surface area contributed by atoms with Gasteiger partial charge in [-0.25, -0.2) is 4.98 Å². The number of aromatic nitrogens is 3. The third-order valence-corrected chi connectivity index (χ3v) is 5.35. The van der Waals surface area contributed by atoms with Gasteiger partial charge in [0.25, 0.3) is 0 Å². The van der Waals surface area contributed by atoms with Crippen molar-refractivity contribution in [2.45, 2.75) is 25.8 Å². The zero-order valence-electron chi connectivity index (χ0n) is 17.3. The van der Waals surface area contributed by atoms with Crippen LogP contribution in [0.15, 0.2) is 36.8 Å². The Labute approximate surface area is 185 Å². The maximum absolute atomic E-state index is 13.1. The van der Waals surface area contributed by atoms with Crippen molar-refractivity contribution in [1.82, 2.24) is 25.0 Å². The quantitative estimate of drug-likeness (QED) is 0.713. The number of anilines is 1. The van der Waals surface area contributed by atoms with E-state index < -0.39 is 0 Å². The summed E-state index contributed by atoms with van der Waals surface area (Å²) < 4.78 is 1.73. The largest absolute Gasteiger partial charge is 0.357 e. The SMILES string of the molecule is CCN(CC1CCN(c2ccccn2)CC1)C(=O)C(NC)c1cnn(C)c1.Cl.Cl. The van der Waals surface area contributed by atoms with E-state index in [4.69, 9.17) is 0 Å². The molecule has 2 aromatic heterocycles. The first-order valence-corrected chi connectivity index (χ1v) is 9.73. The molecule has 9 heteroatoms. The molecule has 1 unspecified atom stereocenters. The number of nitrogens with zero attached hydrogens (tertiary/aromatic N) is 5. The standard InChI is InChI=1S/C20H30N6O.2ClH/c1-4-25(20(27)19(21-2)17-13-23-24(3)15-17)14-16-8-11-26(12-9-16)18-7-5-6-10-22-18;;/h5-7,10,13,15-16,19,21H,4,8-9,11-12,14H2,1-3H3;2*1H. The summed E-state index contributed by atoms with van der Waals surface area (Å²) in [6, 6.07) is 5.70. The topological polar surface area (TPSA) is 66.3 Å². The number of carbonyl (C=O) groups excluding carboxylic acids is 1. The van der Waals surface area contributed by atoms with Crippen LogP contribution < -0.4 is 10.2 Å². The van der Waals surface area contributed by atoms with Crippen molar-refractivity contribution in [3.63, 3.8) is 0 Å². The molecule has 0 saturated carbocycles. The normalized spacial score (nSPS) is 15.2. The lowest BCUT2D eigenvalue weighted by Gasteiger charge is -2.36. The number of pyridine rings is 1. The molecule has 1 N–H and O–H groups in total. The molecule has 0 aromatic carbocycles. The van der Waals surface area contributed by atoms with Gasteiger partial charge in [0, 0.05) is 51.2 Å².